The molecule has 0 radical (unpaired) electrons. The number of nitrogens with zero attached hydrogens (tertiary/aromatic N) is 1. The van der Waals surface area contributed by atoms with Gasteiger partial charge in [-0.3, -0.25) is 9.59 Å². The first-order valence-electron chi connectivity index (χ1n) is 5.34. The van der Waals surface area contributed by atoms with Crippen LogP contribution in [0.4, 0.5) is 5.69 Å². The van der Waals surface area contributed by atoms with E-state index in [4.69, 9.17) is 0 Å². The molecule has 4 nitrogen and oxygen atoms in total. The third kappa shape index (κ3) is 3.08. The summed E-state index contributed by atoms with van der Waals surface area (Å²) in [6.07, 6.45) is 0. The molecule has 4 heteroatoms. The number of anilines is 1. The van der Waals surface area contributed by atoms with E-state index in [0.29, 0.717) is 18.8 Å². The van der Waals surface area contributed by atoms with Gasteiger partial charge in [0.25, 0.3) is 0 Å². The molecule has 0 aliphatic heterocycles. The van der Waals surface area contributed by atoms with E-state index in [-0.39, 0.29) is 0 Å². The highest BCUT2D eigenvalue weighted by molar-refractivity contribution is 6.39. The standard InChI is InChI=1S/C12H16N2O2/c1-3-14(4-2)12(16)11(15)13-10-8-6-5-7-9-10/h5-9H,3-4H2,1-2H3,(H,13,15). The Morgan fingerprint density at radius 3 is 2.19 bits per heavy atom. The molecule has 1 N–H and O–H groups in total. The Bertz CT molecular complexity index is 359. The largest absolute Gasteiger partial charge is 0.335 e. The van der Waals surface area contributed by atoms with Crippen molar-refractivity contribution in [3.05, 3.63) is 30.3 Å². The third-order valence-electron chi connectivity index (χ3n) is 2.28. The van der Waals surface area contributed by atoms with Crippen LogP contribution < -0.4 is 5.32 Å². The van der Waals surface area contributed by atoms with Crippen LogP contribution in [0, 0.1) is 0 Å². The van der Waals surface area contributed by atoms with Gasteiger partial charge in [-0.25, -0.2) is 0 Å². The SMILES string of the molecule is CCN(CC)C(=O)C(=O)Nc1ccccc1. The zero-order valence-corrected chi connectivity index (χ0v) is 9.56. The first-order valence-corrected chi connectivity index (χ1v) is 5.34. The lowest BCUT2D eigenvalue weighted by atomic mass is 10.3. The van der Waals surface area contributed by atoms with Crippen LogP contribution in [0.25, 0.3) is 0 Å². The van der Waals surface area contributed by atoms with Gasteiger partial charge in [0.15, 0.2) is 0 Å². The molecule has 1 aromatic rings. The summed E-state index contributed by atoms with van der Waals surface area (Å²) in [4.78, 5) is 24.7. The molecular formula is C12H16N2O2. The van der Waals surface area contributed by atoms with Crippen molar-refractivity contribution in [2.24, 2.45) is 0 Å². The Balaban J connectivity index is 2.62. The van der Waals surface area contributed by atoms with Crippen molar-refractivity contribution in [1.29, 1.82) is 0 Å². The van der Waals surface area contributed by atoms with Crippen molar-refractivity contribution in [3.63, 3.8) is 0 Å². The number of rotatable bonds is 3. The van der Waals surface area contributed by atoms with Crippen LogP contribution in [0.1, 0.15) is 13.8 Å². The molecule has 1 rings (SSSR count). The fourth-order valence-electron chi connectivity index (χ4n) is 1.36. The van der Waals surface area contributed by atoms with Crippen molar-refractivity contribution in [2.45, 2.75) is 13.8 Å². The fourth-order valence-corrected chi connectivity index (χ4v) is 1.36. The summed E-state index contributed by atoms with van der Waals surface area (Å²) >= 11 is 0. The molecule has 2 amide bonds. The Morgan fingerprint density at radius 1 is 1.12 bits per heavy atom. The fraction of sp³-hybridized carbons (Fsp3) is 0.333. The van der Waals surface area contributed by atoms with Gasteiger partial charge in [-0.15, -0.1) is 0 Å². The summed E-state index contributed by atoms with van der Waals surface area (Å²) in [6.45, 7) is 4.77. The third-order valence-corrected chi connectivity index (χ3v) is 2.28. The number of amides is 2. The maximum Gasteiger partial charge on any atom is 0.313 e. The lowest BCUT2D eigenvalue weighted by Crippen LogP contribution is -2.39. The first-order chi connectivity index (χ1) is 7.69. The van der Waals surface area contributed by atoms with Gasteiger partial charge in [0, 0.05) is 18.8 Å². The van der Waals surface area contributed by atoms with E-state index in [9.17, 15) is 9.59 Å². The molecule has 86 valence electrons. The molecule has 0 atom stereocenters. The average molecular weight is 220 g/mol. The van der Waals surface area contributed by atoms with Gasteiger partial charge in [-0.05, 0) is 26.0 Å². The van der Waals surface area contributed by atoms with Crippen LogP contribution >= 0.6 is 0 Å². The van der Waals surface area contributed by atoms with Crippen LogP contribution in [0.2, 0.25) is 0 Å². The van der Waals surface area contributed by atoms with Crippen molar-refractivity contribution in [2.75, 3.05) is 18.4 Å². The topological polar surface area (TPSA) is 49.4 Å². The molecule has 0 saturated heterocycles. The molecule has 1 aromatic carbocycles. The maximum atomic E-state index is 11.6. The Kier molecular flexibility index (Phi) is 4.51. The summed E-state index contributed by atoms with van der Waals surface area (Å²) < 4.78 is 0. The molecule has 0 fully saturated rings. The smallest absolute Gasteiger partial charge is 0.313 e. The number of nitrogens with one attached hydrogen (secondary N) is 1. The average Bonchev–Trinajstić information content (AvgIpc) is 2.31. The van der Waals surface area contributed by atoms with Crippen molar-refractivity contribution < 1.29 is 9.59 Å². The van der Waals surface area contributed by atoms with Crippen LogP contribution in [-0.4, -0.2) is 29.8 Å². The first kappa shape index (κ1) is 12.2. The van der Waals surface area contributed by atoms with Crippen LogP contribution in [-0.2, 0) is 9.59 Å². The van der Waals surface area contributed by atoms with Gasteiger partial charge < -0.3 is 10.2 Å². The van der Waals surface area contributed by atoms with Crippen LogP contribution in [0.5, 0.6) is 0 Å². The molecule has 0 heterocycles. The highest BCUT2D eigenvalue weighted by Crippen LogP contribution is 2.05. The minimum Gasteiger partial charge on any atom is -0.335 e. The zero-order chi connectivity index (χ0) is 12.0. The van der Waals surface area contributed by atoms with E-state index < -0.39 is 11.8 Å². The summed E-state index contributed by atoms with van der Waals surface area (Å²) in [5.74, 6) is -1.08. The van der Waals surface area contributed by atoms with Crippen molar-refractivity contribution >= 4 is 17.5 Å². The van der Waals surface area contributed by atoms with E-state index in [2.05, 4.69) is 5.32 Å². The number of carbonyl (C=O) groups is 2. The summed E-state index contributed by atoms with van der Waals surface area (Å²) in [5.41, 5.74) is 0.632. The number of benzene rings is 1. The highest BCUT2D eigenvalue weighted by Gasteiger charge is 2.18. The van der Waals surface area contributed by atoms with Gasteiger partial charge in [-0.2, -0.15) is 0 Å². The Labute approximate surface area is 95.3 Å². The monoisotopic (exact) mass is 220 g/mol. The molecule has 0 bridgehead atoms. The molecule has 0 aliphatic rings. The Hall–Kier alpha value is -1.84. The van der Waals surface area contributed by atoms with Gasteiger partial charge in [0.1, 0.15) is 0 Å². The molecular weight excluding hydrogens is 204 g/mol. The maximum absolute atomic E-state index is 11.6. The minimum atomic E-state index is -0.588. The number of carbonyl (C=O) groups excluding carboxylic acids is 2. The summed E-state index contributed by atoms with van der Waals surface area (Å²) in [6, 6.07) is 8.94. The second-order valence-corrected chi connectivity index (χ2v) is 3.30. The summed E-state index contributed by atoms with van der Waals surface area (Å²) in [5, 5.41) is 2.56. The van der Waals surface area contributed by atoms with E-state index in [1.165, 1.54) is 4.90 Å². The number of hydrogen-bond acceptors (Lipinski definition) is 2. The predicted molar refractivity (Wildman–Crippen MR) is 63.0 cm³/mol. The molecule has 0 aromatic heterocycles. The van der Waals surface area contributed by atoms with Crippen LogP contribution in [0.3, 0.4) is 0 Å². The molecule has 0 unspecified atom stereocenters. The molecule has 16 heavy (non-hydrogen) atoms. The van der Waals surface area contributed by atoms with Gasteiger partial charge >= 0.3 is 11.8 Å². The zero-order valence-electron chi connectivity index (χ0n) is 9.56. The lowest BCUT2D eigenvalue weighted by molar-refractivity contribution is -0.142. The normalized spacial score (nSPS) is 9.62. The van der Waals surface area contributed by atoms with E-state index in [1.54, 1.807) is 24.3 Å². The van der Waals surface area contributed by atoms with Crippen molar-refractivity contribution in [3.8, 4) is 0 Å². The number of likely N-dealkylation sites (N-methyl/N-ethyl adjacent to an activating group) is 1. The quantitative estimate of drug-likeness (QED) is 0.785. The number of hydrogen-bond donors (Lipinski definition) is 1. The van der Waals surface area contributed by atoms with Gasteiger partial charge in [0.2, 0.25) is 0 Å². The lowest BCUT2D eigenvalue weighted by Gasteiger charge is -2.17. The van der Waals surface area contributed by atoms with E-state index >= 15 is 0 Å². The molecule has 0 aliphatic carbocycles. The minimum absolute atomic E-state index is 0.492. The summed E-state index contributed by atoms with van der Waals surface area (Å²) in [7, 11) is 0. The molecule has 0 spiro atoms. The predicted octanol–water partition coefficient (Wildman–Crippen LogP) is 1.49. The molecule has 0 saturated carbocycles. The van der Waals surface area contributed by atoms with E-state index in [0.717, 1.165) is 0 Å². The van der Waals surface area contributed by atoms with Crippen LogP contribution in [0.15, 0.2) is 30.3 Å². The van der Waals surface area contributed by atoms with Gasteiger partial charge in [0.05, 0.1) is 0 Å². The highest BCUT2D eigenvalue weighted by atomic mass is 16.2. The second-order valence-electron chi connectivity index (χ2n) is 3.30. The Morgan fingerprint density at radius 2 is 1.69 bits per heavy atom. The number of para-hydroxylation sites is 1. The van der Waals surface area contributed by atoms with Gasteiger partial charge in [-0.1, -0.05) is 18.2 Å². The van der Waals surface area contributed by atoms with Crippen molar-refractivity contribution in [1.82, 2.24) is 4.90 Å². The van der Waals surface area contributed by atoms with E-state index in [1.807, 2.05) is 19.9 Å². The second kappa shape index (κ2) is 5.90.